The fraction of sp³-hybridized carbons (Fsp3) is 0.148. The van der Waals surface area contributed by atoms with E-state index in [9.17, 15) is 14.4 Å². The number of hydrogen-bond acceptors (Lipinski definition) is 5. The average Bonchev–Trinajstić information content (AvgIpc) is 2.86. The van der Waals surface area contributed by atoms with Crippen molar-refractivity contribution in [1.82, 2.24) is 5.32 Å². The zero-order valence-electron chi connectivity index (χ0n) is 19.3. The number of nitrogens with one attached hydrogen (secondary N) is 1. The minimum atomic E-state index is -0.818. The second kappa shape index (κ2) is 11.4. The van der Waals surface area contributed by atoms with E-state index in [1.165, 1.54) is 6.08 Å². The van der Waals surface area contributed by atoms with Crippen LogP contribution in [0.15, 0.2) is 76.8 Å². The maximum atomic E-state index is 13.2. The molecule has 1 heterocycles. The first-order chi connectivity index (χ1) is 17.4. The molecule has 0 bridgehead atoms. The highest BCUT2D eigenvalue weighted by Gasteiger charge is 2.36. The van der Waals surface area contributed by atoms with E-state index in [1.54, 1.807) is 54.6 Å². The minimum absolute atomic E-state index is 0.160. The summed E-state index contributed by atoms with van der Waals surface area (Å²) < 4.78 is 12.1. The van der Waals surface area contributed by atoms with Crippen molar-refractivity contribution in [3.8, 4) is 11.5 Å². The van der Waals surface area contributed by atoms with Gasteiger partial charge >= 0.3 is 6.03 Å². The molecule has 0 atom stereocenters. The monoisotopic (exact) mass is 568 g/mol. The number of anilines is 1. The van der Waals surface area contributed by atoms with Crippen molar-refractivity contribution in [2.75, 3.05) is 11.5 Å². The number of benzene rings is 3. The minimum Gasteiger partial charge on any atom is -0.492 e. The van der Waals surface area contributed by atoms with Crippen molar-refractivity contribution in [1.29, 1.82) is 0 Å². The van der Waals surface area contributed by atoms with Crippen molar-refractivity contribution in [3.05, 3.63) is 92.9 Å². The number of carbonyl (C=O) groups excluding carboxylic acids is 3. The molecule has 7 nitrogen and oxygen atoms in total. The highest BCUT2D eigenvalue weighted by atomic mass is 79.9. The zero-order valence-corrected chi connectivity index (χ0v) is 21.6. The molecule has 4 rings (SSSR count). The third-order valence-corrected chi connectivity index (χ3v) is 6.12. The van der Waals surface area contributed by atoms with Crippen LogP contribution in [0.25, 0.3) is 6.08 Å². The van der Waals surface area contributed by atoms with Crippen molar-refractivity contribution in [2.45, 2.75) is 20.0 Å². The molecule has 36 heavy (non-hydrogen) atoms. The van der Waals surface area contributed by atoms with Gasteiger partial charge in [-0.2, -0.15) is 0 Å². The molecule has 1 aliphatic heterocycles. The molecule has 4 amide bonds. The van der Waals surface area contributed by atoms with Crippen LogP contribution in [0.4, 0.5) is 10.5 Å². The van der Waals surface area contributed by atoms with E-state index in [4.69, 9.17) is 21.1 Å². The summed E-state index contributed by atoms with van der Waals surface area (Å²) in [5.41, 5.74) is 1.69. The Balaban J connectivity index is 1.50. The van der Waals surface area contributed by atoms with E-state index in [2.05, 4.69) is 21.2 Å². The first kappa shape index (κ1) is 25.5. The van der Waals surface area contributed by atoms with Gasteiger partial charge in [-0.05, 0) is 88.1 Å². The quantitative estimate of drug-likeness (QED) is 0.260. The Morgan fingerprint density at radius 1 is 0.972 bits per heavy atom. The maximum Gasteiger partial charge on any atom is 0.335 e. The standard InChI is InChI=1S/C27H22BrClN2O5/c1-2-13-35-24-12-5-18(15-23(24)28)14-22-25(32)30-27(34)31(26(22)33)20-8-10-21(11-9-20)36-16-17-3-6-19(29)7-4-17/h3-12,14-15H,2,13,16H2,1H3,(H,30,32,34)/b22-14+. The van der Waals surface area contributed by atoms with Crippen LogP contribution in [-0.2, 0) is 16.2 Å². The summed E-state index contributed by atoms with van der Waals surface area (Å²) >= 11 is 9.35. The van der Waals surface area contributed by atoms with Gasteiger partial charge in [0.1, 0.15) is 23.7 Å². The highest BCUT2D eigenvalue weighted by Crippen LogP contribution is 2.29. The molecular formula is C27H22BrClN2O5. The lowest BCUT2D eigenvalue weighted by Crippen LogP contribution is -2.54. The van der Waals surface area contributed by atoms with Gasteiger partial charge in [-0.15, -0.1) is 0 Å². The molecule has 1 aliphatic rings. The van der Waals surface area contributed by atoms with Crippen LogP contribution in [0.1, 0.15) is 24.5 Å². The predicted molar refractivity (Wildman–Crippen MR) is 141 cm³/mol. The first-order valence-electron chi connectivity index (χ1n) is 11.2. The van der Waals surface area contributed by atoms with Crippen LogP contribution in [-0.4, -0.2) is 24.5 Å². The van der Waals surface area contributed by atoms with Gasteiger partial charge in [0.25, 0.3) is 11.8 Å². The largest absolute Gasteiger partial charge is 0.492 e. The molecule has 0 radical (unpaired) electrons. The number of urea groups is 1. The van der Waals surface area contributed by atoms with Crippen molar-refractivity contribution in [3.63, 3.8) is 0 Å². The highest BCUT2D eigenvalue weighted by molar-refractivity contribution is 9.10. The number of carbonyl (C=O) groups is 3. The topological polar surface area (TPSA) is 84.9 Å². The lowest BCUT2D eigenvalue weighted by atomic mass is 10.1. The molecule has 1 fully saturated rings. The van der Waals surface area contributed by atoms with Crippen molar-refractivity contribution < 1.29 is 23.9 Å². The molecule has 9 heteroatoms. The molecule has 0 saturated carbocycles. The molecular weight excluding hydrogens is 548 g/mol. The van der Waals surface area contributed by atoms with Crippen LogP contribution in [0.3, 0.4) is 0 Å². The molecule has 1 saturated heterocycles. The summed E-state index contributed by atoms with van der Waals surface area (Å²) in [5.74, 6) is -0.262. The van der Waals surface area contributed by atoms with Crippen LogP contribution in [0, 0.1) is 0 Å². The predicted octanol–water partition coefficient (Wildman–Crippen LogP) is 6.14. The second-order valence-corrected chi connectivity index (χ2v) is 9.20. The van der Waals surface area contributed by atoms with E-state index in [-0.39, 0.29) is 5.57 Å². The van der Waals surface area contributed by atoms with Gasteiger partial charge in [0.05, 0.1) is 16.8 Å². The Hall–Kier alpha value is -3.62. The van der Waals surface area contributed by atoms with E-state index in [0.717, 1.165) is 16.9 Å². The van der Waals surface area contributed by atoms with E-state index in [1.807, 2.05) is 19.1 Å². The van der Waals surface area contributed by atoms with Crippen LogP contribution in [0.5, 0.6) is 11.5 Å². The Kier molecular flexibility index (Phi) is 8.07. The number of ether oxygens (including phenoxy) is 2. The van der Waals surface area contributed by atoms with Crippen molar-refractivity contribution >= 4 is 57.1 Å². The third kappa shape index (κ3) is 5.95. The number of halogens is 2. The summed E-state index contributed by atoms with van der Waals surface area (Å²) in [6, 6.07) is 18.2. The summed E-state index contributed by atoms with van der Waals surface area (Å²) in [5, 5.41) is 2.87. The molecule has 0 unspecified atom stereocenters. The average molecular weight is 570 g/mol. The molecule has 3 aromatic carbocycles. The molecule has 0 aromatic heterocycles. The van der Waals surface area contributed by atoms with Crippen LogP contribution >= 0.6 is 27.5 Å². The summed E-state index contributed by atoms with van der Waals surface area (Å²) in [6.07, 6.45) is 2.31. The third-order valence-electron chi connectivity index (χ3n) is 5.24. The lowest BCUT2D eigenvalue weighted by Gasteiger charge is -2.26. The number of imide groups is 2. The van der Waals surface area contributed by atoms with Crippen LogP contribution < -0.4 is 19.7 Å². The molecule has 3 aromatic rings. The van der Waals surface area contributed by atoms with E-state index in [0.29, 0.717) is 45.5 Å². The Morgan fingerprint density at radius 3 is 2.36 bits per heavy atom. The first-order valence-corrected chi connectivity index (χ1v) is 12.3. The van der Waals surface area contributed by atoms with Gasteiger partial charge in [0.2, 0.25) is 0 Å². The fourth-order valence-corrected chi connectivity index (χ4v) is 4.07. The Morgan fingerprint density at radius 2 is 1.69 bits per heavy atom. The van der Waals surface area contributed by atoms with Gasteiger partial charge in [-0.3, -0.25) is 14.9 Å². The fourth-order valence-electron chi connectivity index (χ4n) is 3.43. The number of amides is 4. The van der Waals surface area contributed by atoms with Crippen molar-refractivity contribution in [2.24, 2.45) is 0 Å². The molecule has 1 N–H and O–H groups in total. The number of rotatable bonds is 8. The lowest BCUT2D eigenvalue weighted by molar-refractivity contribution is -0.122. The summed E-state index contributed by atoms with van der Waals surface area (Å²) in [7, 11) is 0. The van der Waals surface area contributed by atoms with E-state index < -0.39 is 17.8 Å². The zero-order chi connectivity index (χ0) is 25.7. The normalized spacial score (nSPS) is 14.7. The number of barbiturate groups is 1. The Bertz CT molecular complexity index is 1320. The number of hydrogen-bond donors (Lipinski definition) is 1. The summed E-state index contributed by atoms with van der Waals surface area (Å²) in [4.78, 5) is 39.1. The Labute approximate surface area is 221 Å². The van der Waals surface area contributed by atoms with E-state index >= 15 is 0 Å². The molecule has 0 aliphatic carbocycles. The van der Waals surface area contributed by atoms with Crippen LogP contribution in [0.2, 0.25) is 5.02 Å². The van der Waals surface area contributed by atoms with Gasteiger partial charge in [-0.1, -0.05) is 36.7 Å². The maximum absolute atomic E-state index is 13.2. The smallest absolute Gasteiger partial charge is 0.335 e. The molecule has 0 spiro atoms. The number of nitrogens with zero attached hydrogens (tertiary/aromatic N) is 1. The van der Waals surface area contributed by atoms with Gasteiger partial charge in [0.15, 0.2) is 0 Å². The SMILES string of the molecule is CCCOc1ccc(/C=C2\C(=O)NC(=O)N(c3ccc(OCc4ccc(Cl)cc4)cc3)C2=O)cc1Br. The van der Waals surface area contributed by atoms with Gasteiger partial charge in [0, 0.05) is 5.02 Å². The second-order valence-electron chi connectivity index (χ2n) is 7.91. The van der Waals surface area contributed by atoms with Gasteiger partial charge in [-0.25, -0.2) is 9.69 Å². The molecule has 184 valence electrons. The summed E-state index contributed by atoms with van der Waals surface area (Å²) in [6.45, 7) is 2.91. The van der Waals surface area contributed by atoms with Gasteiger partial charge < -0.3 is 9.47 Å².